The fraction of sp³-hybridized carbons (Fsp3) is 0.222. The third kappa shape index (κ3) is 3.45. The lowest BCUT2D eigenvalue weighted by Crippen LogP contribution is -2.33. The monoisotopic (exact) mass is 346 g/mol. The zero-order valence-electron chi connectivity index (χ0n) is 13.5. The zero-order chi connectivity index (χ0) is 18.0. The van der Waals surface area contributed by atoms with E-state index >= 15 is 0 Å². The number of ether oxygens (including phenoxy) is 1. The minimum Gasteiger partial charge on any atom is -0.468 e. The van der Waals surface area contributed by atoms with E-state index in [0.717, 1.165) is 29.4 Å². The van der Waals surface area contributed by atoms with Crippen molar-refractivity contribution in [1.29, 1.82) is 0 Å². The molecule has 1 aliphatic rings. The Morgan fingerprint density at radius 1 is 1.24 bits per heavy atom. The van der Waals surface area contributed by atoms with Crippen molar-refractivity contribution in [1.82, 2.24) is 0 Å². The van der Waals surface area contributed by atoms with Crippen LogP contribution in [0.25, 0.3) is 0 Å². The smallest absolute Gasteiger partial charge is 0.315 e. The predicted octanol–water partition coefficient (Wildman–Crippen LogP) is 2.68. The molecule has 0 radical (unpaired) electrons. The lowest BCUT2D eigenvalue weighted by Gasteiger charge is -2.19. The van der Waals surface area contributed by atoms with E-state index in [1.165, 1.54) is 7.11 Å². The van der Waals surface area contributed by atoms with Gasteiger partial charge < -0.3 is 15.0 Å². The molecule has 0 bridgehead atoms. The van der Waals surface area contributed by atoms with Gasteiger partial charge in [0.1, 0.15) is 17.6 Å². The molecule has 0 aliphatic carbocycles. The molecule has 130 valence electrons. The molecule has 0 saturated carbocycles. The number of esters is 1. The van der Waals surface area contributed by atoms with Gasteiger partial charge in [0.15, 0.2) is 0 Å². The second-order valence-electron chi connectivity index (χ2n) is 5.69. The number of anilines is 2. The van der Waals surface area contributed by atoms with Crippen LogP contribution in [-0.4, -0.2) is 32.1 Å². The summed E-state index contributed by atoms with van der Waals surface area (Å²) in [4.78, 5) is 25.9. The summed E-state index contributed by atoms with van der Waals surface area (Å²) in [6.07, 6.45) is 0. The van der Waals surface area contributed by atoms with Crippen LogP contribution in [0.15, 0.2) is 42.5 Å². The van der Waals surface area contributed by atoms with Crippen LogP contribution in [0, 0.1) is 11.6 Å². The van der Waals surface area contributed by atoms with E-state index in [0.29, 0.717) is 0 Å². The molecule has 0 saturated heterocycles. The number of hydrogen-bond donors (Lipinski definition) is 1. The number of nitrogens with zero attached hydrogens (tertiary/aromatic N) is 1. The Morgan fingerprint density at radius 2 is 2.00 bits per heavy atom. The second-order valence-corrected chi connectivity index (χ2v) is 5.69. The van der Waals surface area contributed by atoms with E-state index in [4.69, 9.17) is 4.74 Å². The fourth-order valence-corrected chi connectivity index (χ4v) is 2.94. The molecule has 0 spiro atoms. The Morgan fingerprint density at radius 3 is 2.76 bits per heavy atom. The molecule has 7 heteroatoms. The van der Waals surface area contributed by atoms with Gasteiger partial charge in [0.2, 0.25) is 5.91 Å². The molecule has 3 rings (SSSR count). The first kappa shape index (κ1) is 16.9. The number of amides is 1. The van der Waals surface area contributed by atoms with Crippen molar-refractivity contribution in [2.45, 2.75) is 5.92 Å². The average Bonchev–Trinajstić information content (AvgIpc) is 2.96. The Hall–Kier alpha value is -2.96. The summed E-state index contributed by atoms with van der Waals surface area (Å²) in [5.41, 5.74) is 1.30. The topological polar surface area (TPSA) is 58.6 Å². The minimum absolute atomic E-state index is 0.0968. The van der Waals surface area contributed by atoms with Crippen molar-refractivity contribution in [3.8, 4) is 0 Å². The largest absolute Gasteiger partial charge is 0.468 e. The summed E-state index contributed by atoms with van der Waals surface area (Å²) in [6, 6.07) is 10.1. The Balaban J connectivity index is 1.76. The van der Waals surface area contributed by atoms with Crippen molar-refractivity contribution < 1.29 is 23.1 Å². The zero-order valence-corrected chi connectivity index (χ0v) is 13.5. The van der Waals surface area contributed by atoms with Crippen LogP contribution in [-0.2, 0) is 14.3 Å². The number of nitrogens with one attached hydrogen (secondary N) is 1. The first-order valence-electron chi connectivity index (χ1n) is 7.66. The maximum atomic E-state index is 13.6. The summed E-state index contributed by atoms with van der Waals surface area (Å²) >= 11 is 0. The third-order valence-corrected chi connectivity index (χ3v) is 4.08. The molecule has 25 heavy (non-hydrogen) atoms. The van der Waals surface area contributed by atoms with Gasteiger partial charge in [0.25, 0.3) is 0 Å². The first-order valence-corrected chi connectivity index (χ1v) is 7.66. The molecular weight excluding hydrogens is 330 g/mol. The SMILES string of the molecule is COC(=O)C1CN(CC(=O)Nc2cc(F)ccc2F)c2ccccc21. The second kappa shape index (κ2) is 6.88. The number of methoxy groups -OCH3 is 1. The van der Waals surface area contributed by atoms with Crippen LogP contribution in [0.2, 0.25) is 0 Å². The molecule has 1 aliphatic heterocycles. The van der Waals surface area contributed by atoms with E-state index in [-0.39, 0.29) is 24.7 Å². The number of fused-ring (bicyclic) bond motifs is 1. The summed E-state index contributed by atoms with van der Waals surface area (Å²) in [5.74, 6) is -2.74. The quantitative estimate of drug-likeness (QED) is 0.865. The van der Waals surface area contributed by atoms with Gasteiger partial charge >= 0.3 is 5.97 Å². The van der Waals surface area contributed by atoms with Crippen molar-refractivity contribution in [3.63, 3.8) is 0 Å². The third-order valence-electron chi connectivity index (χ3n) is 4.08. The fourth-order valence-electron chi connectivity index (χ4n) is 2.94. The van der Waals surface area contributed by atoms with Gasteiger partial charge in [-0.25, -0.2) is 8.78 Å². The average molecular weight is 346 g/mol. The van der Waals surface area contributed by atoms with E-state index in [2.05, 4.69) is 5.32 Å². The van der Waals surface area contributed by atoms with E-state index in [1.54, 1.807) is 29.2 Å². The van der Waals surface area contributed by atoms with Gasteiger partial charge in [-0.3, -0.25) is 9.59 Å². The highest BCUT2D eigenvalue weighted by Crippen LogP contribution is 2.36. The molecule has 1 amide bonds. The summed E-state index contributed by atoms with van der Waals surface area (Å²) < 4.78 is 31.7. The summed E-state index contributed by atoms with van der Waals surface area (Å²) in [5, 5.41) is 2.35. The van der Waals surface area contributed by atoms with Crippen LogP contribution in [0.5, 0.6) is 0 Å². The van der Waals surface area contributed by atoms with E-state index < -0.39 is 23.5 Å². The van der Waals surface area contributed by atoms with Crippen LogP contribution < -0.4 is 10.2 Å². The summed E-state index contributed by atoms with van der Waals surface area (Å²) in [6.45, 7) is 0.186. The minimum atomic E-state index is -0.719. The van der Waals surface area contributed by atoms with Crippen LogP contribution in [0.4, 0.5) is 20.2 Å². The summed E-state index contributed by atoms with van der Waals surface area (Å²) in [7, 11) is 1.31. The first-order chi connectivity index (χ1) is 12.0. The number of rotatable bonds is 4. The van der Waals surface area contributed by atoms with Crippen molar-refractivity contribution in [2.75, 3.05) is 30.4 Å². The Kier molecular flexibility index (Phi) is 4.65. The van der Waals surface area contributed by atoms with E-state index in [9.17, 15) is 18.4 Å². The maximum Gasteiger partial charge on any atom is 0.315 e. The number of halogens is 2. The van der Waals surface area contributed by atoms with Gasteiger partial charge in [-0.1, -0.05) is 18.2 Å². The number of carbonyl (C=O) groups excluding carboxylic acids is 2. The molecule has 0 aromatic heterocycles. The lowest BCUT2D eigenvalue weighted by molar-refractivity contribution is -0.142. The van der Waals surface area contributed by atoms with Gasteiger partial charge in [-0.05, 0) is 23.8 Å². The highest BCUT2D eigenvalue weighted by atomic mass is 19.1. The highest BCUT2D eigenvalue weighted by Gasteiger charge is 2.34. The van der Waals surface area contributed by atoms with Gasteiger partial charge in [-0.2, -0.15) is 0 Å². The Bertz CT molecular complexity index is 826. The van der Waals surface area contributed by atoms with E-state index in [1.807, 2.05) is 0 Å². The van der Waals surface area contributed by atoms with Gasteiger partial charge in [0, 0.05) is 18.3 Å². The standard InChI is InChI=1S/C18H16F2N2O3/c1-25-18(24)13-9-22(16-5-3-2-4-12(13)16)10-17(23)21-15-8-11(19)6-7-14(15)20/h2-8,13H,9-10H2,1H3,(H,21,23). The van der Waals surface area contributed by atoms with Crippen molar-refractivity contribution in [2.24, 2.45) is 0 Å². The molecular formula is C18H16F2N2O3. The van der Waals surface area contributed by atoms with Gasteiger partial charge in [-0.15, -0.1) is 0 Å². The number of benzene rings is 2. The van der Waals surface area contributed by atoms with Crippen LogP contribution >= 0.6 is 0 Å². The molecule has 1 unspecified atom stereocenters. The molecule has 0 fully saturated rings. The van der Waals surface area contributed by atoms with Gasteiger partial charge in [0.05, 0.1) is 19.3 Å². The van der Waals surface area contributed by atoms with Crippen LogP contribution in [0.3, 0.4) is 0 Å². The predicted molar refractivity (Wildman–Crippen MR) is 88.4 cm³/mol. The number of hydrogen-bond acceptors (Lipinski definition) is 4. The van der Waals surface area contributed by atoms with Crippen molar-refractivity contribution in [3.05, 3.63) is 59.7 Å². The van der Waals surface area contributed by atoms with Crippen LogP contribution in [0.1, 0.15) is 11.5 Å². The van der Waals surface area contributed by atoms with Crippen molar-refractivity contribution >= 4 is 23.3 Å². The molecule has 1 heterocycles. The normalized spacial score (nSPS) is 15.6. The highest BCUT2D eigenvalue weighted by molar-refractivity contribution is 5.95. The molecule has 2 aromatic carbocycles. The molecule has 2 aromatic rings. The Labute approximate surface area is 143 Å². The molecule has 5 nitrogen and oxygen atoms in total. The number of carbonyl (C=O) groups is 2. The number of para-hydroxylation sites is 1. The lowest BCUT2D eigenvalue weighted by atomic mass is 10.0. The molecule has 1 N–H and O–H groups in total. The maximum absolute atomic E-state index is 13.6. The molecule has 1 atom stereocenters.